The molecule has 1 aliphatic rings. The summed E-state index contributed by atoms with van der Waals surface area (Å²) in [5.74, 6) is 1.60. The van der Waals surface area contributed by atoms with E-state index in [1.165, 1.54) is 12.1 Å². The van der Waals surface area contributed by atoms with Crippen molar-refractivity contribution in [2.75, 3.05) is 17.2 Å². The molecule has 2 N–H and O–H groups in total. The van der Waals surface area contributed by atoms with Crippen LogP contribution in [-0.4, -0.2) is 18.4 Å². The molecular formula is C15H23N3. The Bertz CT molecular complexity index is 424. The number of para-hydroxylation sites is 2. The molecule has 0 fully saturated rings. The Balaban J connectivity index is 2.20. The van der Waals surface area contributed by atoms with Gasteiger partial charge >= 0.3 is 0 Å². The number of rotatable bonds is 4. The zero-order valence-electron chi connectivity index (χ0n) is 11.5. The molecule has 2 rings (SSSR count). The van der Waals surface area contributed by atoms with E-state index in [1.54, 1.807) is 0 Å². The molecule has 0 bridgehead atoms. The van der Waals surface area contributed by atoms with E-state index >= 15 is 0 Å². The highest BCUT2D eigenvalue weighted by atomic mass is 15.1. The first-order valence-electron chi connectivity index (χ1n) is 6.89. The van der Waals surface area contributed by atoms with E-state index < -0.39 is 0 Å². The Morgan fingerprint density at radius 3 is 2.61 bits per heavy atom. The maximum atomic E-state index is 4.72. The Morgan fingerprint density at radius 2 is 1.94 bits per heavy atom. The van der Waals surface area contributed by atoms with Crippen LogP contribution in [0.15, 0.2) is 29.3 Å². The summed E-state index contributed by atoms with van der Waals surface area (Å²) in [6.07, 6.45) is 2.34. The van der Waals surface area contributed by atoms with Gasteiger partial charge in [0.1, 0.15) is 5.84 Å². The number of anilines is 2. The molecule has 3 nitrogen and oxygen atoms in total. The smallest absolute Gasteiger partial charge is 0.124 e. The van der Waals surface area contributed by atoms with Crippen LogP contribution in [-0.2, 0) is 0 Å². The van der Waals surface area contributed by atoms with Crippen LogP contribution in [0, 0.1) is 5.92 Å². The lowest BCUT2D eigenvalue weighted by Crippen LogP contribution is -2.42. The zero-order valence-corrected chi connectivity index (χ0v) is 11.5. The average molecular weight is 245 g/mol. The van der Waals surface area contributed by atoms with Gasteiger partial charge in [0.05, 0.1) is 17.4 Å². The van der Waals surface area contributed by atoms with E-state index in [2.05, 4.69) is 49.6 Å². The molecule has 1 aliphatic heterocycles. The Kier molecular flexibility index (Phi) is 4.24. The summed E-state index contributed by atoms with van der Waals surface area (Å²) in [6, 6.07) is 8.60. The molecule has 1 aromatic rings. The molecule has 98 valence electrons. The monoisotopic (exact) mass is 245 g/mol. The topological polar surface area (TPSA) is 36.4 Å². The van der Waals surface area contributed by atoms with Crippen LogP contribution in [0.3, 0.4) is 0 Å². The second kappa shape index (κ2) is 5.89. The molecular weight excluding hydrogens is 222 g/mol. The van der Waals surface area contributed by atoms with Gasteiger partial charge in [-0.3, -0.25) is 4.99 Å². The molecule has 1 atom stereocenters. The predicted molar refractivity (Wildman–Crippen MR) is 79.5 cm³/mol. The predicted octanol–water partition coefficient (Wildman–Crippen LogP) is 3.75. The van der Waals surface area contributed by atoms with Crippen LogP contribution in [0.5, 0.6) is 0 Å². The van der Waals surface area contributed by atoms with Crippen LogP contribution in [0.2, 0.25) is 0 Å². The third-order valence-electron chi connectivity index (χ3n) is 3.26. The minimum Gasteiger partial charge on any atom is -0.373 e. The lowest BCUT2D eigenvalue weighted by atomic mass is 10.00. The fourth-order valence-corrected chi connectivity index (χ4v) is 2.15. The molecule has 1 aromatic carbocycles. The number of aliphatic imine (C=N–C) groups is 1. The summed E-state index contributed by atoms with van der Waals surface area (Å²) >= 11 is 0. The number of amidine groups is 1. The van der Waals surface area contributed by atoms with Crippen LogP contribution in [0.25, 0.3) is 0 Å². The number of fused-ring (bicyclic) bond motifs is 1. The first kappa shape index (κ1) is 12.9. The van der Waals surface area contributed by atoms with Gasteiger partial charge in [-0.1, -0.05) is 39.3 Å². The van der Waals surface area contributed by atoms with Crippen molar-refractivity contribution in [3.63, 3.8) is 0 Å². The number of hydrogen-bond acceptors (Lipinski definition) is 2. The Morgan fingerprint density at radius 1 is 1.22 bits per heavy atom. The molecule has 3 heteroatoms. The fourth-order valence-electron chi connectivity index (χ4n) is 2.15. The van der Waals surface area contributed by atoms with E-state index in [0.29, 0.717) is 5.92 Å². The summed E-state index contributed by atoms with van der Waals surface area (Å²) in [4.78, 5) is 4.72. The fraction of sp³-hybridized carbons (Fsp3) is 0.533. The van der Waals surface area contributed by atoms with Crippen molar-refractivity contribution in [2.24, 2.45) is 10.9 Å². The SMILES string of the molecule is CCCCN=C1Nc2ccccc2NC1C(C)C. The highest BCUT2D eigenvalue weighted by Crippen LogP contribution is 2.28. The van der Waals surface area contributed by atoms with Gasteiger partial charge in [0.25, 0.3) is 0 Å². The van der Waals surface area contributed by atoms with Crippen LogP contribution in [0.4, 0.5) is 11.4 Å². The lowest BCUT2D eigenvalue weighted by Gasteiger charge is -2.32. The zero-order chi connectivity index (χ0) is 13.0. The van der Waals surface area contributed by atoms with Crippen molar-refractivity contribution in [1.29, 1.82) is 0 Å². The highest BCUT2D eigenvalue weighted by molar-refractivity contribution is 6.06. The van der Waals surface area contributed by atoms with E-state index in [-0.39, 0.29) is 6.04 Å². The van der Waals surface area contributed by atoms with Crippen LogP contribution >= 0.6 is 0 Å². The van der Waals surface area contributed by atoms with Crippen LogP contribution in [0.1, 0.15) is 33.6 Å². The molecule has 1 unspecified atom stereocenters. The molecule has 0 spiro atoms. The lowest BCUT2D eigenvalue weighted by molar-refractivity contribution is 0.617. The first-order valence-corrected chi connectivity index (χ1v) is 6.89. The van der Waals surface area contributed by atoms with Gasteiger partial charge < -0.3 is 10.6 Å². The maximum absolute atomic E-state index is 4.72. The number of benzene rings is 1. The molecule has 0 saturated heterocycles. The van der Waals surface area contributed by atoms with Gasteiger partial charge in [0.15, 0.2) is 0 Å². The second-order valence-electron chi connectivity index (χ2n) is 5.16. The molecule has 0 saturated carbocycles. The van der Waals surface area contributed by atoms with Crippen molar-refractivity contribution in [1.82, 2.24) is 0 Å². The first-order chi connectivity index (χ1) is 8.72. The van der Waals surface area contributed by atoms with Gasteiger partial charge in [-0.05, 0) is 24.5 Å². The minimum atomic E-state index is 0.289. The Labute approximate surface area is 110 Å². The molecule has 1 heterocycles. The molecule has 0 aromatic heterocycles. The standard InChI is InChI=1S/C15H23N3/c1-4-5-10-16-15-14(11(2)3)17-12-8-6-7-9-13(12)18-15/h6-9,11,14,17H,4-5,10H2,1-3H3,(H,16,18). The maximum Gasteiger partial charge on any atom is 0.124 e. The number of unbranched alkanes of at least 4 members (excludes halogenated alkanes) is 1. The molecule has 0 radical (unpaired) electrons. The van der Waals surface area contributed by atoms with Gasteiger partial charge in [-0.2, -0.15) is 0 Å². The number of nitrogens with zero attached hydrogens (tertiary/aromatic N) is 1. The van der Waals surface area contributed by atoms with E-state index in [9.17, 15) is 0 Å². The van der Waals surface area contributed by atoms with Crippen molar-refractivity contribution >= 4 is 17.2 Å². The van der Waals surface area contributed by atoms with Gasteiger partial charge in [-0.15, -0.1) is 0 Å². The van der Waals surface area contributed by atoms with E-state index in [4.69, 9.17) is 4.99 Å². The van der Waals surface area contributed by atoms with Crippen LogP contribution < -0.4 is 10.6 Å². The van der Waals surface area contributed by atoms with Gasteiger partial charge in [0.2, 0.25) is 0 Å². The van der Waals surface area contributed by atoms with Crippen molar-refractivity contribution in [3.8, 4) is 0 Å². The van der Waals surface area contributed by atoms with Crippen molar-refractivity contribution < 1.29 is 0 Å². The Hall–Kier alpha value is -1.51. The molecule has 18 heavy (non-hydrogen) atoms. The quantitative estimate of drug-likeness (QED) is 0.793. The normalized spacial score (nSPS) is 20.4. The van der Waals surface area contributed by atoms with E-state index in [0.717, 1.165) is 24.5 Å². The summed E-state index contributed by atoms with van der Waals surface area (Å²) in [5, 5.41) is 7.05. The highest BCUT2D eigenvalue weighted by Gasteiger charge is 2.25. The second-order valence-corrected chi connectivity index (χ2v) is 5.16. The number of nitrogens with one attached hydrogen (secondary N) is 2. The largest absolute Gasteiger partial charge is 0.373 e. The third kappa shape index (κ3) is 2.84. The average Bonchev–Trinajstić information content (AvgIpc) is 2.38. The summed E-state index contributed by atoms with van der Waals surface area (Å²) in [5.41, 5.74) is 2.30. The summed E-state index contributed by atoms with van der Waals surface area (Å²) < 4.78 is 0. The van der Waals surface area contributed by atoms with Gasteiger partial charge in [0, 0.05) is 6.54 Å². The molecule has 0 aliphatic carbocycles. The van der Waals surface area contributed by atoms with Crippen molar-refractivity contribution in [2.45, 2.75) is 39.7 Å². The van der Waals surface area contributed by atoms with Crippen molar-refractivity contribution in [3.05, 3.63) is 24.3 Å². The number of hydrogen-bond donors (Lipinski definition) is 2. The van der Waals surface area contributed by atoms with E-state index in [1.807, 2.05) is 6.07 Å². The summed E-state index contributed by atoms with van der Waals surface area (Å²) in [7, 11) is 0. The third-order valence-corrected chi connectivity index (χ3v) is 3.26. The minimum absolute atomic E-state index is 0.289. The van der Waals surface area contributed by atoms with Gasteiger partial charge in [-0.25, -0.2) is 0 Å². The summed E-state index contributed by atoms with van der Waals surface area (Å²) in [6.45, 7) is 7.55. The molecule has 0 amide bonds.